The molecule has 1 heterocycles. The summed E-state index contributed by atoms with van der Waals surface area (Å²) < 4.78 is 5.93. The quantitative estimate of drug-likeness (QED) is 0.604. The first-order chi connectivity index (χ1) is 7.79. The van der Waals surface area contributed by atoms with Crippen LogP contribution in [0.15, 0.2) is 12.3 Å². The molecule has 0 radical (unpaired) electrons. The van der Waals surface area contributed by atoms with Gasteiger partial charge in [0.1, 0.15) is 24.4 Å². The zero-order chi connectivity index (χ0) is 13.1. The summed E-state index contributed by atoms with van der Waals surface area (Å²) in [5.41, 5.74) is 4.02. The van der Waals surface area contributed by atoms with Crippen LogP contribution in [0.4, 0.5) is 0 Å². The van der Waals surface area contributed by atoms with E-state index in [9.17, 15) is 4.79 Å². The molecule has 1 aliphatic rings. The van der Waals surface area contributed by atoms with Crippen LogP contribution in [-0.4, -0.2) is 35.8 Å². The minimum atomic E-state index is -0.419. The minimum absolute atomic E-state index is 0.205. The van der Waals surface area contributed by atoms with Gasteiger partial charge >= 0.3 is 5.97 Å². The average molecular weight is 241 g/mol. The molecule has 0 bridgehead atoms. The Labute approximate surface area is 104 Å². The van der Waals surface area contributed by atoms with Crippen molar-refractivity contribution in [3.63, 3.8) is 0 Å². The molecule has 98 valence electrons. The van der Waals surface area contributed by atoms with Gasteiger partial charge in [-0.3, -0.25) is 4.79 Å². The van der Waals surface area contributed by atoms with Crippen LogP contribution in [0.2, 0.25) is 0 Å². The maximum Gasteiger partial charge on any atom is 0.325 e. The van der Waals surface area contributed by atoms with Crippen molar-refractivity contribution in [1.29, 1.82) is 0 Å². The molecular weight excluding hydrogens is 216 g/mol. The van der Waals surface area contributed by atoms with Gasteiger partial charge in [0.25, 0.3) is 0 Å². The number of quaternary nitrogens is 1. The topological polar surface area (TPSA) is 38.3 Å². The van der Waals surface area contributed by atoms with Crippen molar-refractivity contribution >= 4 is 5.97 Å². The van der Waals surface area contributed by atoms with Crippen LogP contribution in [0.1, 0.15) is 40.5 Å². The van der Waals surface area contributed by atoms with Gasteiger partial charge in [0.05, 0.1) is 6.54 Å². The summed E-state index contributed by atoms with van der Waals surface area (Å²) in [4.78, 5) is 11.7. The summed E-state index contributed by atoms with van der Waals surface area (Å²) >= 11 is 0. The summed E-state index contributed by atoms with van der Waals surface area (Å²) in [6.45, 7) is 14.0. The van der Waals surface area contributed by atoms with E-state index in [0.29, 0.717) is 4.59 Å². The zero-order valence-corrected chi connectivity index (χ0v) is 11.5. The Morgan fingerprint density at radius 1 is 1.53 bits per heavy atom. The second kappa shape index (κ2) is 5.19. The predicted octanol–water partition coefficient (Wildman–Crippen LogP) is 1.98. The summed E-state index contributed by atoms with van der Waals surface area (Å²) in [5, 5.41) is 0. The number of allylic oxidation sites excluding steroid dienone is 1. The fourth-order valence-corrected chi connectivity index (χ4v) is 2.20. The van der Waals surface area contributed by atoms with E-state index in [-0.39, 0.29) is 12.5 Å². The van der Waals surface area contributed by atoms with Crippen LogP contribution >= 0.6 is 0 Å². The molecule has 4 heteroatoms. The number of carbonyl (C=O) groups is 1. The Morgan fingerprint density at radius 3 is 2.59 bits per heavy atom. The molecule has 1 aliphatic heterocycles. The molecule has 1 fully saturated rings. The number of carbonyl (C=O) groups excluding carboxylic acids is 1. The van der Waals surface area contributed by atoms with Gasteiger partial charge in [0.2, 0.25) is 0 Å². The lowest BCUT2D eigenvalue weighted by molar-refractivity contribution is -0.924. The first kappa shape index (κ1) is 14.2. The highest BCUT2D eigenvalue weighted by atomic mass is 16.6. The maximum absolute atomic E-state index is 11.7. The Hall–Kier alpha value is -0.870. The monoisotopic (exact) mass is 241 g/mol. The van der Waals surface area contributed by atoms with Crippen LogP contribution < -0.4 is 5.43 Å². The van der Waals surface area contributed by atoms with Gasteiger partial charge in [-0.25, -0.2) is 4.59 Å². The standard InChI is InChI=1S/C13H25N2O2/c1-6-15(9-7-8-11(15)2)14-10-12(16)17-13(3,4)5/h14H,2,6-10H2,1,3-5H3/q+1. The molecule has 1 unspecified atom stereocenters. The van der Waals surface area contributed by atoms with E-state index >= 15 is 0 Å². The molecule has 0 aromatic heterocycles. The fourth-order valence-electron chi connectivity index (χ4n) is 2.20. The molecule has 0 saturated carbocycles. The Bertz CT molecular complexity index is 307. The second-order valence-electron chi connectivity index (χ2n) is 5.60. The van der Waals surface area contributed by atoms with Crippen molar-refractivity contribution in [3.8, 4) is 0 Å². The van der Waals surface area contributed by atoms with E-state index in [0.717, 1.165) is 31.6 Å². The van der Waals surface area contributed by atoms with E-state index in [1.807, 2.05) is 20.8 Å². The van der Waals surface area contributed by atoms with Gasteiger partial charge < -0.3 is 4.74 Å². The molecule has 4 nitrogen and oxygen atoms in total. The predicted molar refractivity (Wildman–Crippen MR) is 67.9 cm³/mol. The van der Waals surface area contributed by atoms with E-state index < -0.39 is 5.60 Å². The Morgan fingerprint density at radius 2 is 2.18 bits per heavy atom. The van der Waals surface area contributed by atoms with E-state index in [1.165, 1.54) is 0 Å². The number of nitrogens with one attached hydrogen (secondary N) is 1. The highest BCUT2D eigenvalue weighted by Crippen LogP contribution is 2.26. The fraction of sp³-hybridized carbons (Fsp3) is 0.769. The lowest BCUT2D eigenvalue weighted by Gasteiger charge is -2.33. The van der Waals surface area contributed by atoms with Crippen molar-refractivity contribution in [1.82, 2.24) is 5.43 Å². The summed E-state index contributed by atoms with van der Waals surface area (Å²) in [7, 11) is 0. The van der Waals surface area contributed by atoms with Gasteiger partial charge in [-0.1, -0.05) is 0 Å². The molecule has 1 atom stereocenters. The smallest absolute Gasteiger partial charge is 0.325 e. The first-order valence-corrected chi connectivity index (χ1v) is 6.31. The summed E-state index contributed by atoms with van der Waals surface area (Å²) in [5.74, 6) is -0.205. The first-order valence-electron chi connectivity index (χ1n) is 6.31. The van der Waals surface area contributed by atoms with E-state index in [4.69, 9.17) is 4.74 Å². The number of likely N-dealkylation sites (tertiary alicyclic amines) is 1. The van der Waals surface area contributed by atoms with Crippen molar-refractivity contribution < 1.29 is 14.1 Å². The van der Waals surface area contributed by atoms with Gasteiger partial charge in [-0.2, -0.15) is 5.43 Å². The molecule has 1 rings (SSSR count). The summed E-state index contributed by atoms with van der Waals surface area (Å²) in [6, 6.07) is 0. The van der Waals surface area contributed by atoms with Crippen LogP contribution in [0.25, 0.3) is 0 Å². The van der Waals surface area contributed by atoms with Crippen LogP contribution in [-0.2, 0) is 9.53 Å². The third kappa shape index (κ3) is 3.82. The molecular formula is C13H25N2O2+. The zero-order valence-electron chi connectivity index (χ0n) is 11.5. The van der Waals surface area contributed by atoms with Crippen LogP contribution in [0.5, 0.6) is 0 Å². The lowest BCUT2D eigenvalue weighted by atomic mass is 10.2. The Kier molecular flexibility index (Phi) is 4.33. The van der Waals surface area contributed by atoms with E-state index in [2.05, 4.69) is 18.9 Å². The summed E-state index contributed by atoms with van der Waals surface area (Å²) in [6.07, 6.45) is 2.17. The van der Waals surface area contributed by atoms with Crippen LogP contribution in [0.3, 0.4) is 0 Å². The third-order valence-electron chi connectivity index (χ3n) is 3.10. The van der Waals surface area contributed by atoms with Crippen molar-refractivity contribution in [2.75, 3.05) is 19.6 Å². The van der Waals surface area contributed by atoms with Gasteiger partial charge in [0, 0.05) is 12.8 Å². The molecule has 17 heavy (non-hydrogen) atoms. The van der Waals surface area contributed by atoms with Crippen molar-refractivity contribution in [2.24, 2.45) is 0 Å². The highest BCUT2D eigenvalue weighted by molar-refractivity contribution is 5.71. The Balaban J connectivity index is 2.49. The van der Waals surface area contributed by atoms with E-state index in [1.54, 1.807) is 0 Å². The van der Waals surface area contributed by atoms with Crippen LogP contribution in [0, 0.1) is 0 Å². The number of rotatable bonds is 4. The maximum atomic E-state index is 11.7. The van der Waals surface area contributed by atoms with Gasteiger partial charge in [-0.05, 0) is 34.3 Å². The number of hydrogen-bond acceptors (Lipinski definition) is 3. The molecule has 0 spiro atoms. The highest BCUT2D eigenvalue weighted by Gasteiger charge is 2.36. The van der Waals surface area contributed by atoms with Gasteiger partial charge in [0.15, 0.2) is 0 Å². The largest absolute Gasteiger partial charge is 0.459 e. The minimum Gasteiger partial charge on any atom is -0.459 e. The van der Waals surface area contributed by atoms with Crippen molar-refractivity contribution in [3.05, 3.63) is 12.3 Å². The van der Waals surface area contributed by atoms with Gasteiger partial charge in [-0.15, -0.1) is 0 Å². The lowest BCUT2D eigenvalue weighted by Crippen LogP contribution is -2.56. The number of hydrogen-bond donors (Lipinski definition) is 1. The second-order valence-corrected chi connectivity index (χ2v) is 5.60. The average Bonchev–Trinajstić information content (AvgIpc) is 2.55. The number of nitrogens with zero attached hydrogens (tertiary/aromatic N) is 1. The third-order valence-corrected chi connectivity index (χ3v) is 3.10. The van der Waals surface area contributed by atoms with Crippen molar-refractivity contribution in [2.45, 2.75) is 46.1 Å². The molecule has 1 N–H and O–H groups in total. The number of ether oxygens (including phenoxy) is 1. The normalized spacial score (nSPS) is 25.1. The molecule has 0 aromatic carbocycles. The molecule has 0 aliphatic carbocycles. The number of esters is 1. The SMILES string of the molecule is C=C1CCC[N+]1(CC)NCC(=O)OC(C)(C)C. The molecule has 1 saturated heterocycles. The molecule has 0 aromatic rings. The molecule has 0 amide bonds.